The highest BCUT2D eigenvalue weighted by atomic mass is 16.6. The predicted molar refractivity (Wildman–Crippen MR) is 127 cm³/mol. The Morgan fingerprint density at radius 1 is 1.26 bits per heavy atom. The zero-order chi connectivity index (χ0) is 23.7. The number of nitrogens with zero attached hydrogens (tertiary/aromatic N) is 3. The molecule has 1 aliphatic heterocycles. The van der Waals surface area contributed by atoms with Crippen molar-refractivity contribution in [2.45, 2.75) is 57.6 Å². The third kappa shape index (κ3) is 4.25. The normalized spacial score (nSPS) is 23.2. The Kier molecular flexibility index (Phi) is 5.77. The van der Waals surface area contributed by atoms with Crippen molar-refractivity contribution in [3.05, 3.63) is 59.7 Å². The number of ether oxygens (including phenoxy) is 1. The van der Waals surface area contributed by atoms with Crippen LogP contribution in [0.15, 0.2) is 47.8 Å². The number of pyridine rings is 1. The molecule has 2 amide bonds. The number of carbonyl (C=O) groups excluding carboxylic acids is 2. The maximum atomic E-state index is 12.7. The van der Waals surface area contributed by atoms with Crippen LogP contribution in [0.5, 0.6) is 0 Å². The van der Waals surface area contributed by atoms with Crippen LogP contribution in [0.3, 0.4) is 0 Å². The Morgan fingerprint density at radius 3 is 2.82 bits per heavy atom. The summed E-state index contributed by atoms with van der Waals surface area (Å²) in [6.07, 6.45) is 6.95. The van der Waals surface area contributed by atoms with Gasteiger partial charge in [0.25, 0.3) is 5.91 Å². The average Bonchev–Trinajstić information content (AvgIpc) is 3.26. The van der Waals surface area contributed by atoms with E-state index in [0.717, 1.165) is 47.1 Å². The molecule has 1 aromatic carbocycles. The van der Waals surface area contributed by atoms with E-state index < -0.39 is 11.7 Å². The van der Waals surface area contributed by atoms with Gasteiger partial charge in [0.2, 0.25) is 0 Å². The third-order valence-electron chi connectivity index (χ3n) is 6.85. The number of amides is 2. The van der Waals surface area contributed by atoms with E-state index in [-0.39, 0.29) is 11.9 Å². The number of aryl methyl sites for hydroxylation is 1. The van der Waals surface area contributed by atoms with E-state index in [0.29, 0.717) is 24.6 Å². The van der Waals surface area contributed by atoms with Gasteiger partial charge in [-0.15, -0.1) is 0 Å². The number of hydrogen-bond acceptors (Lipinski definition) is 6. The van der Waals surface area contributed by atoms with E-state index in [1.807, 2.05) is 44.2 Å². The van der Waals surface area contributed by atoms with Gasteiger partial charge < -0.3 is 15.0 Å². The van der Waals surface area contributed by atoms with Crippen molar-refractivity contribution in [1.29, 1.82) is 0 Å². The van der Waals surface area contributed by atoms with Crippen LogP contribution in [0.4, 0.5) is 4.79 Å². The summed E-state index contributed by atoms with van der Waals surface area (Å²) >= 11 is 0. The summed E-state index contributed by atoms with van der Waals surface area (Å²) in [5.74, 6) is 0.524. The maximum Gasteiger partial charge on any atom is 0.428 e. The fourth-order valence-corrected chi connectivity index (χ4v) is 5.10. The molecule has 3 N–H and O–H groups in total. The fraction of sp³-hybridized carbons (Fsp3) is 0.400. The molecule has 34 heavy (non-hydrogen) atoms. The van der Waals surface area contributed by atoms with Crippen molar-refractivity contribution in [3.63, 3.8) is 0 Å². The molecule has 0 bridgehead atoms. The van der Waals surface area contributed by atoms with Crippen LogP contribution >= 0.6 is 0 Å². The van der Waals surface area contributed by atoms with Crippen molar-refractivity contribution in [3.8, 4) is 0 Å². The van der Waals surface area contributed by atoms with Gasteiger partial charge in [0.15, 0.2) is 11.4 Å². The van der Waals surface area contributed by atoms with E-state index in [9.17, 15) is 9.59 Å². The van der Waals surface area contributed by atoms with Gasteiger partial charge in [0.05, 0.1) is 11.0 Å². The molecule has 3 aromatic rings. The number of hydrogen-bond donors (Lipinski definition) is 3. The summed E-state index contributed by atoms with van der Waals surface area (Å²) in [6, 6.07) is 9.51. The van der Waals surface area contributed by atoms with Gasteiger partial charge in [0.1, 0.15) is 5.71 Å². The minimum absolute atomic E-state index is 0.0101. The SMILES string of the molecule is Cc1ccncc1C1=NNC(=O)OC12CCC(C[C@H](C)NC(=O)c1nc3ccccc3[nH]1)CC2. The van der Waals surface area contributed by atoms with Crippen molar-refractivity contribution in [2.75, 3.05) is 0 Å². The Balaban J connectivity index is 1.22. The molecule has 2 aliphatic rings. The van der Waals surface area contributed by atoms with Crippen LogP contribution in [0.2, 0.25) is 0 Å². The number of para-hydroxylation sites is 2. The molecule has 0 saturated heterocycles. The van der Waals surface area contributed by atoms with Gasteiger partial charge in [-0.1, -0.05) is 12.1 Å². The second-order valence-electron chi connectivity index (χ2n) is 9.30. The molecule has 0 unspecified atom stereocenters. The fourth-order valence-electron chi connectivity index (χ4n) is 5.10. The zero-order valence-corrected chi connectivity index (χ0v) is 19.3. The van der Waals surface area contributed by atoms with Crippen LogP contribution in [0, 0.1) is 12.8 Å². The summed E-state index contributed by atoms with van der Waals surface area (Å²) in [5.41, 5.74) is 6.01. The van der Waals surface area contributed by atoms with Gasteiger partial charge in [0, 0.05) is 24.0 Å². The second kappa shape index (κ2) is 8.89. The first-order chi connectivity index (χ1) is 16.4. The Bertz CT molecular complexity index is 1230. The lowest BCUT2D eigenvalue weighted by atomic mass is 9.72. The van der Waals surface area contributed by atoms with Gasteiger partial charge in [-0.2, -0.15) is 5.10 Å². The molecular weight excluding hydrogens is 432 g/mol. The quantitative estimate of drug-likeness (QED) is 0.534. The summed E-state index contributed by atoms with van der Waals surface area (Å²) in [7, 11) is 0. The van der Waals surface area contributed by atoms with Gasteiger partial charge >= 0.3 is 6.09 Å². The Morgan fingerprint density at radius 2 is 2.06 bits per heavy atom. The first kappa shape index (κ1) is 22.1. The lowest BCUT2D eigenvalue weighted by molar-refractivity contribution is 0.0154. The molecular formula is C25H28N6O3. The maximum absolute atomic E-state index is 12.7. The smallest absolute Gasteiger partial charge is 0.428 e. The average molecular weight is 461 g/mol. The number of carbonyl (C=O) groups is 2. The summed E-state index contributed by atoms with van der Waals surface area (Å²) in [6.45, 7) is 4.02. The molecule has 9 nitrogen and oxygen atoms in total. The first-order valence-corrected chi connectivity index (χ1v) is 11.7. The lowest BCUT2D eigenvalue weighted by Crippen LogP contribution is -2.52. The standard InChI is InChI=1S/C25H28N6O3/c1-15-9-12-26-14-18(15)21-25(34-24(33)31-30-21)10-7-17(8-11-25)13-16(2)27-23(32)22-28-19-5-3-4-6-20(19)29-22/h3-6,9,12,14,16-17H,7-8,10-11,13H2,1-2H3,(H,27,32)(H,28,29)(H,31,33)/t16-,17?,25?/m0/s1. The molecule has 1 saturated carbocycles. The number of fused-ring (bicyclic) bond motifs is 1. The molecule has 1 fully saturated rings. The number of aromatic nitrogens is 3. The molecule has 0 radical (unpaired) electrons. The van der Waals surface area contributed by atoms with E-state index >= 15 is 0 Å². The largest absolute Gasteiger partial charge is 0.435 e. The topological polar surface area (TPSA) is 121 Å². The van der Waals surface area contributed by atoms with Crippen molar-refractivity contribution < 1.29 is 14.3 Å². The molecule has 9 heteroatoms. The summed E-state index contributed by atoms with van der Waals surface area (Å²) in [4.78, 5) is 36.4. The highest BCUT2D eigenvalue weighted by molar-refractivity contribution is 6.09. The molecule has 1 atom stereocenters. The van der Waals surface area contributed by atoms with E-state index in [1.54, 1.807) is 12.4 Å². The van der Waals surface area contributed by atoms with E-state index in [4.69, 9.17) is 4.74 Å². The number of imidazole rings is 1. The minimum atomic E-state index is -0.743. The second-order valence-corrected chi connectivity index (χ2v) is 9.30. The molecule has 1 aliphatic carbocycles. The Hall–Kier alpha value is -3.75. The molecule has 1 spiro atoms. The lowest BCUT2D eigenvalue weighted by Gasteiger charge is -2.42. The zero-order valence-electron chi connectivity index (χ0n) is 19.3. The monoisotopic (exact) mass is 460 g/mol. The highest BCUT2D eigenvalue weighted by Crippen LogP contribution is 2.40. The van der Waals surface area contributed by atoms with Gasteiger partial charge in [-0.3, -0.25) is 9.78 Å². The molecule has 176 valence electrons. The van der Waals surface area contributed by atoms with E-state index in [2.05, 4.69) is 30.8 Å². The van der Waals surface area contributed by atoms with Crippen molar-refractivity contribution in [2.24, 2.45) is 11.0 Å². The minimum Gasteiger partial charge on any atom is -0.435 e. The Labute approximate surface area is 197 Å². The number of nitrogens with one attached hydrogen (secondary N) is 3. The highest BCUT2D eigenvalue weighted by Gasteiger charge is 2.46. The van der Waals surface area contributed by atoms with Crippen LogP contribution in [-0.4, -0.2) is 44.3 Å². The van der Waals surface area contributed by atoms with Crippen molar-refractivity contribution in [1.82, 2.24) is 25.7 Å². The molecule has 2 aromatic heterocycles. The predicted octanol–water partition coefficient (Wildman–Crippen LogP) is 3.85. The third-order valence-corrected chi connectivity index (χ3v) is 6.85. The van der Waals surface area contributed by atoms with Crippen LogP contribution in [-0.2, 0) is 4.74 Å². The number of H-pyrrole nitrogens is 1. The number of benzene rings is 1. The summed E-state index contributed by atoms with van der Waals surface area (Å²) < 4.78 is 5.85. The first-order valence-electron chi connectivity index (χ1n) is 11.7. The molecule has 3 heterocycles. The van der Waals surface area contributed by atoms with Crippen molar-refractivity contribution >= 4 is 28.7 Å². The number of rotatable bonds is 5. The van der Waals surface area contributed by atoms with Crippen LogP contribution in [0.1, 0.15) is 60.8 Å². The number of aromatic amines is 1. The van der Waals surface area contributed by atoms with E-state index in [1.165, 1.54) is 0 Å². The van der Waals surface area contributed by atoms with Gasteiger partial charge in [-0.25, -0.2) is 15.2 Å². The summed E-state index contributed by atoms with van der Waals surface area (Å²) in [5, 5.41) is 7.44. The van der Waals surface area contributed by atoms with Crippen LogP contribution < -0.4 is 10.7 Å². The number of hydrazone groups is 1. The van der Waals surface area contributed by atoms with Crippen LogP contribution in [0.25, 0.3) is 11.0 Å². The van der Waals surface area contributed by atoms with Gasteiger partial charge in [-0.05, 0) is 75.6 Å². The molecule has 5 rings (SSSR count).